The summed E-state index contributed by atoms with van der Waals surface area (Å²) >= 11 is 0. The predicted octanol–water partition coefficient (Wildman–Crippen LogP) is 6.84. The van der Waals surface area contributed by atoms with Crippen LogP contribution in [0.25, 0.3) is 10.8 Å². The van der Waals surface area contributed by atoms with E-state index < -0.39 is 8.32 Å². The van der Waals surface area contributed by atoms with Crippen molar-refractivity contribution in [2.45, 2.75) is 52.2 Å². The Hall–Kier alpha value is -2.41. The standard InChI is InChI=1S/C27H33NOSi/c1-21(20-29-30(5,6)27(2,3)4)11-12-22-13-15-23(16-14-22)19-26-25-10-8-7-9-24(25)17-18-28-26/h7-10,13-18,21H,19-20H2,1-6H3. The van der Waals surface area contributed by atoms with Crippen molar-refractivity contribution in [2.24, 2.45) is 5.92 Å². The number of hydrogen-bond acceptors (Lipinski definition) is 2. The molecule has 0 fully saturated rings. The van der Waals surface area contributed by atoms with Gasteiger partial charge in [0, 0.05) is 36.1 Å². The van der Waals surface area contributed by atoms with Gasteiger partial charge in [-0.2, -0.15) is 0 Å². The highest BCUT2D eigenvalue weighted by molar-refractivity contribution is 6.74. The fourth-order valence-corrected chi connectivity index (χ4v) is 4.12. The Morgan fingerprint density at radius 1 is 1.00 bits per heavy atom. The summed E-state index contributed by atoms with van der Waals surface area (Å²) in [6, 6.07) is 19.0. The van der Waals surface area contributed by atoms with Gasteiger partial charge in [-0.05, 0) is 54.2 Å². The maximum absolute atomic E-state index is 6.29. The van der Waals surface area contributed by atoms with Crippen LogP contribution in [0.1, 0.15) is 44.5 Å². The molecule has 0 aliphatic carbocycles. The summed E-state index contributed by atoms with van der Waals surface area (Å²) in [5, 5.41) is 2.69. The normalized spacial score (nSPS) is 13.0. The van der Waals surface area contributed by atoms with Crippen LogP contribution < -0.4 is 0 Å². The molecule has 0 bridgehead atoms. The van der Waals surface area contributed by atoms with Gasteiger partial charge in [-0.25, -0.2) is 0 Å². The van der Waals surface area contributed by atoms with E-state index in [9.17, 15) is 0 Å². The zero-order chi connectivity index (χ0) is 21.8. The number of hydrogen-bond donors (Lipinski definition) is 0. The van der Waals surface area contributed by atoms with Crippen molar-refractivity contribution in [1.29, 1.82) is 0 Å². The quantitative estimate of drug-likeness (QED) is 0.336. The number of rotatable bonds is 5. The van der Waals surface area contributed by atoms with Crippen LogP contribution in [0.4, 0.5) is 0 Å². The molecule has 0 N–H and O–H groups in total. The Morgan fingerprint density at radius 3 is 2.40 bits per heavy atom. The van der Waals surface area contributed by atoms with Gasteiger partial charge in [0.05, 0.1) is 5.69 Å². The summed E-state index contributed by atoms with van der Waals surface area (Å²) in [7, 11) is -1.71. The zero-order valence-electron chi connectivity index (χ0n) is 19.1. The molecule has 0 saturated heterocycles. The van der Waals surface area contributed by atoms with Crippen molar-refractivity contribution >= 4 is 19.1 Å². The molecule has 1 aromatic heterocycles. The molecule has 2 nitrogen and oxygen atoms in total. The monoisotopic (exact) mass is 415 g/mol. The van der Waals surface area contributed by atoms with Crippen molar-refractivity contribution in [3.8, 4) is 11.8 Å². The summed E-state index contributed by atoms with van der Waals surface area (Å²) in [5.74, 6) is 6.88. The molecule has 1 atom stereocenters. The highest BCUT2D eigenvalue weighted by Gasteiger charge is 2.37. The van der Waals surface area contributed by atoms with Gasteiger partial charge in [-0.1, -0.05) is 69.0 Å². The van der Waals surface area contributed by atoms with E-state index in [-0.39, 0.29) is 11.0 Å². The molecule has 0 saturated carbocycles. The third-order valence-corrected chi connectivity index (χ3v) is 10.5. The summed E-state index contributed by atoms with van der Waals surface area (Å²) in [5.41, 5.74) is 3.41. The largest absolute Gasteiger partial charge is 0.416 e. The first-order chi connectivity index (χ1) is 14.2. The van der Waals surface area contributed by atoms with Crippen molar-refractivity contribution in [3.05, 3.63) is 77.6 Å². The molecule has 3 heteroatoms. The number of aromatic nitrogens is 1. The van der Waals surface area contributed by atoms with E-state index in [4.69, 9.17) is 4.43 Å². The minimum absolute atomic E-state index is 0.221. The summed E-state index contributed by atoms with van der Waals surface area (Å²) in [4.78, 5) is 4.60. The SMILES string of the molecule is CC(C#Cc1ccc(Cc2nccc3ccccc23)cc1)CO[Si](C)(C)C(C)(C)C. The smallest absolute Gasteiger partial charge is 0.192 e. The van der Waals surface area contributed by atoms with Crippen LogP contribution in [0.3, 0.4) is 0 Å². The van der Waals surface area contributed by atoms with Gasteiger partial charge in [0.2, 0.25) is 0 Å². The summed E-state index contributed by atoms with van der Waals surface area (Å²) < 4.78 is 6.29. The fraction of sp³-hybridized carbons (Fsp3) is 0.370. The molecule has 30 heavy (non-hydrogen) atoms. The Labute approximate surface area is 182 Å². The molecule has 1 heterocycles. The van der Waals surface area contributed by atoms with Crippen LogP contribution in [0, 0.1) is 17.8 Å². The van der Waals surface area contributed by atoms with E-state index in [1.165, 1.54) is 16.3 Å². The summed E-state index contributed by atoms with van der Waals surface area (Å²) in [6.07, 6.45) is 2.72. The second kappa shape index (κ2) is 9.16. The van der Waals surface area contributed by atoms with Crippen LogP contribution in [0.15, 0.2) is 60.8 Å². The molecule has 1 unspecified atom stereocenters. The maximum atomic E-state index is 6.29. The fourth-order valence-electron chi connectivity index (χ4n) is 3.02. The van der Waals surface area contributed by atoms with Crippen LogP contribution in [-0.2, 0) is 10.8 Å². The molecule has 0 aliphatic rings. The van der Waals surface area contributed by atoms with Crippen LogP contribution in [-0.4, -0.2) is 19.9 Å². The zero-order valence-corrected chi connectivity index (χ0v) is 20.1. The lowest BCUT2D eigenvalue weighted by atomic mass is 10.0. The molecule has 3 aromatic rings. The highest BCUT2D eigenvalue weighted by Crippen LogP contribution is 2.36. The number of nitrogens with zero attached hydrogens (tertiary/aromatic N) is 1. The van der Waals surface area contributed by atoms with Gasteiger partial charge in [-0.15, -0.1) is 0 Å². The average Bonchev–Trinajstić information content (AvgIpc) is 2.71. The Balaban J connectivity index is 1.63. The lowest BCUT2D eigenvalue weighted by Crippen LogP contribution is -2.41. The van der Waals surface area contributed by atoms with Gasteiger partial charge < -0.3 is 4.43 Å². The van der Waals surface area contributed by atoms with E-state index in [1.807, 2.05) is 6.20 Å². The van der Waals surface area contributed by atoms with Crippen LogP contribution in [0.2, 0.25) is 18.1 Å². The molecule has 3 rings (SSSR count). The van der Waals surface area contributed by atoms with Crippen molar-refractivity contribution < 1.29 is 4.43 Å². The molecular formula is C27H33NOSi. The third kappa shape index (κ3) is 5.59. The van der Waals surface area contributed by atoms with Gasteiger partial charge in [-0.3, -0.25) is 4.98 Å². The van der Waals surface area contributed by atoms with E-state index in [2.05, 4.69) is 112 Å². The van der Waals surface area contributed by atoms with Crippen molar-refractivity contribution in [2.75, 3.05) is 6.61 Å². The van der Waals surface area contributed by atoms with Gasteiger partial charge >= 0.3 is 0 Å². The second-order valence-electron chi connectivity index (χ2n) is 9.59. The maximum Gasteiger partial charge on any atom is 0.192 e. The lowest BCUT2D eigenvalue weighted by Gasteiger charge is -2.36. The van der Waals surface area contributed by atoms with E-state index in [0.717, 1.165) is 17.7 Å². The van der Waals surface area contributed by atoms with Crippen molar-refractivity contribution in [3.63, 3.8) is 0 Å². The molecule has 156 valence electrons. The predicted molar refractivity (Wildman–Crippen MR) is 130 cm³/mol. The van der Waals surface area contributed by atoms with E-state index >= 15 is 0 Å². The van der Waals surface area contributed by atoms with Gasteiger partial charge in [0.1, 0.15) is 0 Å². The number of benzene rings is 2. The lowest BCUT2D eigenvalue weighted by molar-refractivity contribution is 0.263. The van der Waals surface area contributed by atoms with Crippen molar-refractivity contribution in [1.82, 2.24) is 4.98 Å². The Morgan fingerprint density at radius 2 is 1.70 bits per heavy atom. The van der Waals surface area contributed by atoms with Gasteiger partial charge in [0.25, 0.3) is 0 Å². The molecule has 2 aromatic carbocycles. The van der Waals surface area contributed by atoms with E-state index in [0.29, 0.717) is 6.61 Å². The first-order valence-electron chi connectivity index (χ1n) is 10.7. The highest BCUT2D eigenvalue weighted by atomic mass is 28.4. The van der Waals surface area contributed by atoms with Crippen LogP contribution >= 0.6 is 0 Å². The summed E-state index contributed by atoms with van der Waals surface area (Å²) in [6.45, 7) is 14.2. The molecule has 0 aliphatic heterocycles. The Kier molecular flexibility index (Phi) is 6.80. The molecule has 0 amide bonds. The average molecular weight is 416 g/mol. The number of pyridine rings is 1. The third-order valence-electron chi connectivity index (χ3n) is 6.04. The molecular weight excluding hydrogens is 382 g/mol. The topological polar surface area (TPSA) is 22.1 Å². The van der Waals surface area contributed by atoms with E-state index in [1.54, 1.807) is 0 Å². The first kappa shape index (κ1) is 22.3. The second-order valence-corrected chi connectivity index (χ2v) is 14.4. The van der Waals surface area contributed by atoms with Gasteiger partial charge in [0.15, 0.2) is 8.32 Å². The van der Waals surface area contributed by atoms with Crippen LogP contribution in [0.5, 0.6) is 0 Å². The number of fused-ring (bicyclic) bond motifs is 1. The Bertz CT molecular complexity index is 1050. The first-order valence-corrected chi connectivity index (χ1v) is 13.6. The molecule has 0 radical (unpaired) electrons. The minimum Gasteiger partial charge on any atom is -0.416 e. The molecule has 0 spiro atoms. The minimum atomic E-state index is -1.71.